The van der Waals surface area contributed by atoms with Gasteiger partial charge in [-0.3, -0.25) is 9.59 Å². The number of hydrogen-bond donors (Lipinski definition) is 1. The molecule has 0 radical (unpaired) electrons. The van der Waals surface area contributed by atoms with Gasteiger partial charge in [-0.05, 0) is 42.5 Å². The molecule has 31 heavy (non-hydrogen) atoms. The Bertz CT molecular complexity index is 1030. The van der Waals surface area contributed by atoms with Gasteiger partial charge in [0.25, 0.3) is 11.8 Å². The molecule has 1 aliphatic heterocycles. The first-order valence-corrected chi connectivity index (χ1v) is 10.2. The molecule has 2 amide bonds. The van der Waals surface area contributed by atoms with Crippen molar-refractivity contribution in [1.29, 1.82) is 0 Å². The number of furan rings is 1. The third kappa shape index (κ3) is 5.35. The summed E-state index contributed by atoms with van der Waals surface area (Å²) in [6, 6.07) is 13.9. The van der Waals surface area contributed by atoms with E-state index in [1.807, 2.05) is 6.07 Å². The van der Waals surface area contributed by atoms with Crippen molar-refractivity contribution in [3.8, 4) is 5.75 Å². The van der Waals surface area contributed by atoms with Crippen molar-refractivity contribution in [3.63, 3.8) is 0 Å². The van der Waals surface area contributed by atoms with E-state index in [1.165, 1.54) is 6.26 Å². The first-order valence-electron chi connectivity index (χ1n) is 9.80. The van der Waals surface area contributed by atoms with Gasteiger partial charge in [-0.1, -0.05) is 17.7 Å². The summed E-state index contributed by atoms with van der Waals surface area (Å²) in [5.41, 5.74) is 0.581. The zero-order valence-corrected chi connectivity index (χ0v) is 17.4. The van der Waals surface area contributed by atoms with Gasteiger partial charge in [-0.15, -0.1) is 0 Å². The Morgan fingerprint density at radius 2 is 1.94 bits per heavy atom. The number of anilines is 2. The van der Waals surface area contributed by atoms with Crippen LogP contribution in [0.4, 0.5) is 11.5 Å². The molecule has 0 spiro atoms. The first kappa shape index (κ1) is 20.7. The molecule has 1 fully saturated rings. The van der Waals surface area contributed by atoms with E-state index < -0.39 is 0 Å². The number of piperazine rings is 1. The Hall–Kier alpha value is -3.52. The zero-order chi connectivity index (χ0) is 21.6. The van der Waals surface area contributed by atoms with Crippen LogP contribution in [0.2, 0.25) is 5.02 Å². The number of hydrogen-bond acceptors (Lipinski definition) is 6. The van der Waals surface area contributed by atoms with Crippen molar-refractivity contribution in [2.45, 2.75) is 0 Å². The minimum absolute atomic E-state index is 0.0251. The maximum absolute atomic E-state index is 12.4. The molecule has 160 valence electrons. The molecule has 0 aliphatic carbocycles. The third-order valence-corrected chi connectivity index (χ3v) is 5.10. The average molecular weight is 441 g/mol. The molecule has 1 aliphatic rings. The van der Waals surface area contributed by atoms with E-state index in [0.717, 1.165) is 5.82 Å². The van der Waals surface area contributed by atoms with Crippen LogP contribution in [0.3, 0.4) is 0 Å². The van der Waals surface area contributed by atoms with Gasteiger partial charge >= 0.3 is 0 Å². The van der Waals surface area contributed by atoms with Crippen LogP contribution in [0.1, 0.15) is 10.6 Å². The summed E-state index contributed by atoms with van der Waals surface area (Å²) in [6.07, 6.45) is 3.05. The van der Waals surface area contributed by atoms with Crippen molar-refractivity contribution in [2.24, 2.45) is 0 Å². The summed E-state index contributed by atoms with van der Waals surface area (Å²) < 4.78 is 10.6. The molecule has 1 saturated heterocycles. The molecule has 3 heterocycles. The molecular weight excluding hydrogens is 420 g/mol. The number of rotatable bonds is 6. The largest absolute Gasteiger partial charge is 0.484 e. The quantitative estimate of drug-likeness (QED) is 0.632. The normalized spacial score (nSPS) is 13.7. The number of aromatic nitrogens is 1. The lowest BCUT2D eigenvalue weighted by Crippen LogP contribution is -2.50. The molecule has 0 unspecified atom stereocenters. The third-order valence-electron chi connectivity index (χ3n) is 4.87. The average Bonchev–Trinajstić information content (AvgIpc) is 3.33. The lowest BCUT2D eigenvalue weighted by molar-refractivity contribution is -0.133. The summed E-state index contributed by atoms with van der Waals surface area (Å²) in [4.78, 5) is 32.8. The van der Waals surface area contributed by atoms with Crippen LogP contribution in [-0.2, 0) is 4.79 Å². The van der Waals surface area contributed by atoms with Crippen LogP contribution in [0, 0.1) is 0 Å². The number of carbonyl (C=O) groups excluding carboxylic acids is 2. The number of benzene rings is 1. The van der Waals surface area contributed by atoms with Gasteiger partial charge < -0.3 is 24.3 Å². The molecular formula is C22H21ClN4O4. The topological polar surface area (TPSA) is 87.9 Å². The molecule has 8 nitrogen and oxygen atoms in total. The van der Waals surface area contributed by atoms with E-state index in [0.29, 0.717) is 42.6 Å². The van der Waals surface area contributed by atoms with E-state index in [4.69, 9.17) is 20.8 Å². The molecule has 0 bridgehead atoms. The fourth-order valence-electron chi connectivity index (χ4n) is 3.23. The standard InChI is InChI=1S/C22H21ClN4O4/c23-16-3-1-4-18(13-16)31-15-21(28)27-10-8-26(9-11-27)20-7-6-17(14-24-20)25-22(29)19-5-2-12-30-19/h1-7,12-14H,8-11,15H2,(H,25,29). The van der Waals surface area contributed by atoms with E-state index in [9.17, 15) is 9.59 Å². The van der Waals surface area contributed by atoms with Crippen LogP contribution in [0.5, 0.6) is 5.75 Å². The highest BCUT2D eigenvalue weighted by molar-refractivity contribution is 6.30. The second-order valence-corrected chi connectivity index (χ2v) is 7.39. The summed E-state index contributed by atoms with van der Waals surface area (Å²) in [6.45, 7) is 2.46. The van der Waals surface area contributed by atoms with Crippen molar-refractivity contribution in [3.05, 3.63) is 71.8 Å². The number of halogens is 1. The Morgan fingerprint density at radius 3 is 2.61 bits per heavy atom. The van der Waals surface area contributed by atoms with Gasteiger partial charge in [0.2, 0.25) is 0 Å². The highest BCUT2D eigenvalue weighted by Gasteiger charge is 2.22. The number of ether oxygens (including phenoxy) is 1. The number of nitrogens with one attached hydrogen (secondary N) is 1. The van der Waals surface area contributed by atoms with Crippen molar-refractivity contribution >= 4 is 34.9 Å². The first-order chi connectivity index (χ1) is 15.1. The van der Waals surface area contributed by atoms with Gasteiger partial charge in [0.1, 0.15) is 11.6 Å². The highest BCUT2D eigenvalue weighted by Crippen LogP contribution is 2.19. The molecule has 1 aromatic carbocycles. The second kappa shape index (κ2) is 9.53. The van der Waals surface area contributed by atoms with Crippen LogP contribution in [-0.4, -0.2) is 54.5 Å². The summed E-state index contributed by atoms with van der Waals surface area (Å²) in [7, 11) is 0. The van der Waals surface area contributed by atoms with E-state index in [1.54, 1.807) is 53.6 Å². The Kier molecular flexibility index (Phi) is 6.37. The zero-order valence-electron chi connectivity index (χ0n) is 16.7. The highest BCUT2D eigenvalue weighted by atomic mass is 35.5. The smallest absolute Gasteiger partial charge is 0.291 e. The minimum Gasteiger partial charge on any atom is -0.484 e. The van der Waals surface area contributed by atoms with E-state index in [2.05, 4.69) is 15.2 Å². The Morgan fingerprint density at radius 1 is 1.10 bits per heavy atom. The van der Waals surface area contributed by atoms with Crippen LogP contribution in [0.15, 0.2) is 65.4 Å². The molecule has 2 aromatic heterocycles. The number of carbonyl (C=O) groups is 2. The maximum atomic E-state index is 12.4. The fourth-order valence-corrected chi connectivity index (χ4v) is 3.41. The van der Waals surface area contributed by atoms with Gasteiger partial charge in [0.15, 0.2) is 12.4 Å². The Labute approximate surface area is 184 Å². The predicted molar refractivity (Wildman–Crippen MR) is 117 cm³/mol. The summed E-state index contributed by atoms with van der Waals surface area (Å²) in [5.74, 6) is 1.21. The van der Waals surface area contributed by atoms with Crippen molar-refractivity contribution < 1.29 is 18.7 Å². The van der Waals surface area contributed by atoms with Crippen molar-refractivity contribution in [2.75, 3.05) is 43.0 Å². The van der Waals surface area contributed by atoms with Gasteiger partial charge in [-0.2, -0.15) is 0 Å². The minimum atomic E-state index is -0.327. The monoisotopic (exact) mass is 440 g/mol. The van der Waals surface area contributed by atoms with Gasteiger partial charge in [0.05, 0.1) is 18.1 Å². The number of nitrogens with zero attached hydrogens (tertiary/aromatic N) is 3. The van der Waals surface area contributed by atoms with Crippen LogP contribution in [0.25, 0.3) is 0 Å². The fraction of sp³-hybridized carbons (Fsp3) is 0.227. The molecule has 4 rings (SSSR count). The van der Waals surface area contributed by atoms with E-state index >= 15 is 0 Å². The van der Waals surface area contributed by atoms with Crippen LogP contribution < -0.4 is 15.0 Å². The lowest BCUT2D eigenvalue weighted by atomic mass is 10.3. The maximum Gasteiger partial charge on any atom is 0.291 e. The molecule has 3 aromatic rings. The Balaban J connectivity index is 1.25. The van der Waals surface area contributed by atoms with Gasteiger partial charge in [-0.25, -0.2) is 4.98 Å². The second-order valence-electron chi connectivity index (χ2n) is 6.95. The van der Waals surface area contributed by atoms with Crippen LogP contribution >= 0.6 is 11.6 Å². The number of amides is 2. The van der Waals surface area contributed by atoms with Crippen molar-refractivity contribution in [1.82, 2.24) is 9.88 Å². The molecule has 9 heteroatoms. The molecule has 0 saturated carbocycles. The molecule has 0 atom stereocenters. The lowest BCUT2D eigenvalue weighted by Gasteiger charge is -2.35. The molecule has 1 N–H and O–H groups in total. The summed E-state index contributed by atoms with van der Waals surface area (Å²) in [5, 5.41) is 3.31. The SMILES string of the molecule is O=C(Nc1ccc(N2CCN(C(=O)COc3cccc(Cl)c3)CC2)nc1)c1ccco1. The van der Waals surface area contributed by atoms with E-state index in [-0.39, 0.29) is 24.2 Å². The summed E-state index contributed by atoms with van der Waals surface area (Å²) >= 11 is 5.93. The van der Waals surface area contributed by atoms with Gasteiger partial charge in [0, 0.05) is 31.2 Å². The number of pyridine rings is 1. The predicted octanol–water partition coefficient (Wildman–Crippen LogP) is 3.31.